The van der Waals surface area contributed by atoms with Gasteiger partial charge in [0.2, 0.25) is 5.91 Å². The average molecular weight is 313 g/mol. The first-order chi connectivity index (χ1) is 11.2. The Morgan fingerprint density at radius 3 is 2.65 bits per heavy atom. The minimum Gasteiger partial charge on any atom is -0.368 e. The number of piperazine rings is 1. The summed E-state index contributed by atoms with van der Waals surface area (Å²) in [6.45, 7) is 7.31. The summed E-state index contributed by atoms with van der Waals surface area (Å²) in [6, 6.07) is 3.71. The summed E-state index contributed by atoms with van der Waals surface area (Å²) >= 11 is 0. The highest BCUT2D eigenvalue weighted by molar-refractivity contribution is 5.80. The second kappa shape index (κ2) is 6.81. The molecule has 1 aliphatic rings. The van der Waals surface area contributed by atoms with Crippen molar-refractivity contribution >= 4 is 11.6 Å². The second-order valence-electron chi connectivity index (χ2n) is 5.88. The van der Waals surface area contributed by atoms with E-state index in [2.05, 4.69) is 21.9 Å². The molecule has 3 heterocycles. The standard InChI is InChI=1S/C17H23N5O/c1-3-15(22-8-4-6-19-22)17(23)21-11-9-20(10-12-21)16-5-7-18-13-14(16)2/h4-8,13,15H,3,9-12H2,1-2H3/t15-/m1/s1. The van der Waals surface area contributed by atoms with Crippen LogP contribution < -0.4 is 4.90 Å². The van der Waals surface area contributed by atoms with Crippen LogP contribution in [-0.4, -0.2) is 51.8 Å². The lowest BCUT2D eigenvalue weighted by atomic mass is 10.1. The van der Waals surface area contributed by atoms with Gasteiger partial charge >= 0.3 is 0 Å². The Morgan fingerprint density at radius 1 is 1.26 bits per heavy atom. The van der Waals surface area contributed by atoms with Gasteiger partial charge in [0.25, 0.3) is 0 Å². The molecule has 1 aliphatic heterocycles. The summed E-state index contributed by atoms with van der Waals surface area (Å²) in [6.07, 6.45) is 8.05. The normalized spacial score (nSPS) is 16.4. The van der Waals surface area contributed by atoms with Crippen molar-refractivity contribution in [2.75, 3.05) is 31.1 Å². The first-order valence-electron chi connectivity index (χ1n) is 8.14. The molecule has 0 N–H and O–H groups in total. The maximum atomic E-state index is 12.8. The number of hydrogen-bond donors (Lipinski definition) is 0. The third-order valence-electron chi connectivity index (χ3n) is 4.44. The Hall–Kier alpha value is -2.37. The van der Waals surface area contributed by atoms with E-state index in [1.807, 2.05) is 42.5 Å². The summed E-state index contributed by atoms with van der Waals surface area (Å²) < 4.78 is 1.77. The summed E-state index contributed by atoms with van der Waals surface area (Å²) in [4.78, 5) is 21.2. The van der Waals surface area contributed by atoms with Crippen molar-refractivity contribution in [3.05, 3.63) is 42.5 Å². The molecule has 0 bridgehead atoms. The number of pyridine rings is 1. The Morgan fingerprint density at radius 2 is 2.04 bits per heavy atom. The zero-order valence-corrected chi connectivity index (χ0v) is 13.7. The number of carbonyl (C=O) groups is 1. The van der Waals surface area contributed by atoms with Crippen molar-refractivity contribution in [2.24, 2.45) is 0 Å². The first-order valence-corrected chi connectivity index (χ1v) is 8.14. The summed E-state index contributed by atoms with van der Waals surface area (Å²) in [5.41, 5.74) is 2.39. The van der Waals surface area contributed by atoms with E-state index in [1.54, 1.807) is 10.9 Å². The van der Waals surface area contributed by atoms with Gasteiger partial charge in [-0.3, -0.25) is 14.5 Å². The average Bonchev–Trinajstić information content (AvgIpc) is 3.10. The molecular weight excluding hydrogens is 290 g/mol. The Labute approximate surface area is 136 Å². The molecule has 1 atom stereocenters. The predicted molar refractivity (Wildman–Crippen MR) is 89.3 cm³/mol. The molecule has 0 unspecified atom stereocenters. The van der Waals surface area contributed by atoms with Gasteiger partial charge in [-0.05, 0) is 31.0 Å². The van der Waals surface area contributed by atoms with E-state index in [0.29, 0.717) is 0 Å². The lowest BCUT2D eigenvalue weighted by molar-refractivity contribution is -0.135. The molecule has 0 radical (unpaired) electrons. The number of amides is 1. The third-order valence-corrected chi connectivity index (χ3v) is 4.44. The lowest BCUT2D eigenvalue weighted by Crippen LogP contribution is -2.50. The Bertz CT molecular complexity index is 647. The van der Waals surface area contributed by atoms with Crippen LogP contribution in [0.2, 0.25) is 0 Å². The number of aromatic nitrogens is 3. The van der Waals surface area contributed by atoms with Gasteiger partial charge in [-0.25, -0.2) is 0 Å². The SMILES string of the molecule is CC[C@H](C(=O)N1CCN(c2ccncc2C)CC1)n1cccn1. The molecule has 0 spiro atoms. The van der Waals surface area contributed by atoms with Gasteiger partial charge in [0.1, 0.15) is 6.04 Å². The molecular formula is C17H23N5O. The van der Waals surface area contributed by atoms with Crippen molar-refractivity contribution in [3.8, 4) is 0 Å². The fourth-order valence-corrected chi connectivity index (χ4v) is 3.14. The number of hydrogen-bond acceptors (Lipinski definition) is 4. The molecule has 1 fully saturated rings. The maximum Gasteiger partial charge on any atom is 0.247 e. The van der Waals surface area contributed by atoms with E-state index in [0.717, 1.165) is 32.6 Å². The smallest absolute Gasteiger partial charge is 0.247 e. The highest BCUT2D eigenvalue weighted by Gasteiger charge is 2.28. The molecule has 0 aliphatic carbocycles. The van der Waals surface area contributed by atoms with Crippen LogP contribution in [0.4, 0.5) is 5.69 Å². The fraction of sp³-hybridized carbons (Fsp3) is 0.471. The van der Waals surface area contributed by atoms with Crippen LogP contribution in [0.3, 0.4) is 0 Å². The highest BCUT2D eigenvalue weighted by atomic mass is 16.2. The molecule has 122 valence electrons. The first kappa shape index (κ1) is 15.5. The highest BCUT2D eigenvalue weighted by Crippen LogP contribution is 2.21. The lowest BCUT2D eigenvalue weighted by Gasteiger charge is -2.38. The van der Waals surface area contributed by atoms with Gasteiger partial charge < -0.3 is 9.80 Å². The quantitative estimate of drug-likeness (QED) is 0.865. The second-order valence-corrected chi connectivity index (χ2v) is 5.88. The van der Waals surface area contributed by atoms with Gasteiger partial charge in [-0.2, -0.15) is 5.10 Å². The van der Waals surface area contributed by atoms with Crippen LogP contribution in [0.25, 0.3) is 0 Å². The topological polar surface area (TPSA) is 54.3 Å². The number of aryl methyl sites for hydroxylation is 1. The van der Waals surface area contributed by atoms with Crippen molar-refractivity contribution < 1.29 is 4.79 Å². The molecule has 23 heavy (non-hydrogen) atoms. The van der Waals surface area contributed by atoms with Crippen LogP contribution >= 0.6 is 0 Å². The molecule has 6 heteroatoms. The number of rotatable bonds is 4. The molecule has 6 nitrogen and oxygen atoms in total. The van der Waals surface area contributed by atoms with Gasteiger partial charge in [-0.1, -0.05) is 6.92 Å². The molecule has 1 amide bonds. The predicted octanol–water partition coefficient (Wildman–Crippen LogP) is 1.89. The molecule has 0 saturated carbocycles. The largest absolute Gasteiger partial charge is 0.368 e. The van der Waals surface area contributed by atoms with Crippen molar-refractivity contribution in [3.63, 3.8) is 0 Å². The minimum atomic E-state index is -0.195. The van der Waals surface area contributed by atoms with E-state index < -0.39 is 0 Å². The number of nitrogens with zero attached hydrogens (tertiary/aromatic N) is 5. The van der Waals surface area contributed by atoms with Crippen LogP contribution in [-0.2, 0) is 4.79 Å². The van der Waals surface area contributed by atoms with Crippen molar-refractivity contribution in [2.45, 2.75) is 26.3 Å². The van der Waals surface area contributed by atoms with E-state index in [1.165, 1.54) is 11.3 Å². The molecule has 2 aromatic rings. The number of carbonyl (C=O) groups excluding carboxylic acids is 1. The summed E-state index contributed by atoms with van der Waals surface area (Å²) in [5, 5.41) is 4.23. The van der Waals surface area contributed by atoms with Crippen LogP contribution in [0.1, 0.15) is 24.9 Å². The van der Waals surface area contributed by atoms with Gasteiger partial charge in [0.15, 0.2) is 0 Å². The van der Waals surface area contributed by atoms with Crippen molar-refractivity contribution in [1.29, 1.82) is 0 Å². The summed E-state index contributed by atoms with van der Waals surface area (Å²) in [5.74, 6) is 0.169. The molecule has 2 aromatic heterocycles. The maximum absolute atomic E-state index is 12.8. The Kier molecular flexibility index (Phi) is 4.60. The number of anilines is 1. The zero-order chi connectivity index (χ0) is 16.2. The third kappa shape index (κ3) is 3.21. The van der Waals surface area contributed by atoms with Gasteiger partial charge in [0, 0.05) is 56.7 Å². The van der Waals surface area contributed by atoms with Crippen LogP contribution in [0, 0.1) is 6.92 Å². The van der Waals surface area contributed by atoms with E-state index >= 15 is 0 Å². The van der Waals surface area contributed by atoms with Gasteiger partial charge in [0.05, 0.1) is 0 Å². The van der Waals surface area contributed by atoms with Crippen LogP contribution in [0.15, 0.2) is 36.9 Å². The molecule has 1 saturated heterocycles. The monoisotopic (exact) mass is 313 g/mol. The Balaban J connectivity index is 1.64. The van der Waals surface area contributed by atoms with Crippen molar-refractivity contribution in [1.82, 2.24) is 19.7 Å². The molecule has 0 aromatic carbocycles. The van der Waals surface area contributed by atoms with E-state index in [9.17, 15) is 4.79 Å². The molecule has 3 rings (SSSR count). The van der Waals surface area contributed by atoms with Crippen LogP contribution in [0.5, 0.6) is 0 Å². The summed E-state index contributed by atoms with van der Waals surface area (Å²) in [7, 11) is 0. The minimum absolute atomic E-state index is 0.169. The van der Waals surface area contributed by atoms with E-state index in [4.69, 9.17) is 0 Å². The fourth-order valence-electron chi connectivity index (χ4n) is 3.14. The van der Waals surface area contributed by atoms with Gasteiger partial charge in [-0.15, -0.1) is 0 Å². The van der Waals surface area contributed by atoms with E-state index in [-0.39, 0.29) is 11.9 Å². The zero-order valence-electron chi connectivity index (χ0n) is 13.7.